The van der Waals surface area contributed by atoms with Crippen molar-refractivity contribution in [1.29, 1.82) is 0 Å². The predicted molar refractivity (Wildman–Crippen MR) is 68.8 cm³/mol. The van der Waals surface area contributed by atoms with Crippen LogP contribution in [0.1, 0.15) is 32.1 Å². The Morgan fingerprint density at radius 1 is 1.19 bits per heavy atom. The Balaban J connectivity index is 1.53. The Bertz CT molecular complexity index is 195. The van der Waals surface area contributed by atoms with Gasteiger partial charge in [0.05, 0.1) is 0 Å². The third-order valence-electron chi connectivity index (χ3n) is 4.01. The van der Waals surface area contributed by atoms with E-state index in [0.29, 0.717) is 0 Å². The van der Waals surface area contributed by atoms with Crippen molar-refractivity contribution in [2.24, 2.45) is 0 Å². The topological polar surface area (TPSA) is 18.5 Å². The maximum Gasteiger partial charge on any atom is 0.0117 e. The highest BCUT2D eigenvalue weighted by Gasteiger charge is 2.21. The van der Waals surface area contributed by atoms with Crippen LogP contribution in [0.4, 0.5) is 0 Å². The summed E-state index contributed by atoms with van der Waals surface area (Å²) < 4.78 is 0. The maximum atomic E-state index is 3.59. The van der Waals surface area contributed by atoms with Gasteiger partial charge in [0.2, 0.25) is 0 Å². The Morgan fingerprint density at radius 2 is 1.88 bits per heavy atom. The van der Waals surface area contributed by atoms with E-state index in [1.165, 1.54) is 58.3 Å². The zero-order chi connectivity index (χ0) is 11.4. The average Bonchev–Trinajstić information content (AvgIpc) is 3.09. The van der Waals surface area contributed by atoms with Crippen molar-refractivity contribution in [3.63, 3.8) is 0 Å². The molecule has 3 heteroatoms. The van der Waals surface area contributed by atoms with Crippen LogP contribution in [0, 0.1) is 0 Å². The van der Waals surface area contributed by atoms with Gasteiger partial charge in [-0.15, -0.1) is 0 Å². The average molecular weight is 225 g/mol. The second-order valence-corrected chi connectivity index (χ2v) is 5.60. The molecule has 1 saturated heterocycles. The number of nitrogens with zero attached hydrogens (tertiary/aromatic N) is 2. The Morgan fingerprint density at radius 3 is 2.50 bits per heavy atom. The maximum absolute atomic E-state index is 3.59. The standard InChI is InChI=1S/C13H27N3/c1-15-10-6-13(7-11-15)16(2)9-3-8-14-12-4-5-12/h12-14H,3-11H2,1-2H3. The van der Waals surface area contributed by atoms with E-state index in [1.54, 1.807) is 0 Å². The summed E-state index contributed by atoms with van der Waals surface area (Å²) in [6.07, 6.45) is 6.82. The molecular weight excluding hydrogens is 198 g/mol. The lowest BCUT2D eigenvalue weighted by molar-refractivity contribution is 0.143. The second-order valence-electron chi connectivity index (χ2n) is 5.60. The molecule has 1 saturated carbocycles. The first-order valence-corrected chi connectivity index (χ1v) is 6.88. The van der Waals surface area contributed by atoms with Crippen molar-refractivity contribution >= 4 is 0 Å². The fraction of sp³-hybridized carbons (Fsp3) is 1.00. The van der Waals surface area contributed by atoms with Crippen molar-refractivity contribution in [3.8, 4) is 0 Å². The lowest BCUT2D eigenvalue weighted by Crippen LogP contribution is -2.42. The van der Waals surface area contributed by atoms with E-state index < -0.39 is 0 Å². The first-order valence-electron chi connectivity index (χ1n) is 6.88. The summed E-state index contributed by atoms with van der Waals surface area (Å²) in [7, 11) is 4.53. The summed E-state index contributed by atoms with van der Waals surface area (Å²) in [5.41, 5.74) is 0. The first kappa shape index (κ1) is 12.3. The lowest BCUT2D eigenvalue weighted by atomic mass is 10.0. The number of likely N-dealkylation sites (tertiary alicyclic amines) is 1. The summed E-state index contributed by atoms with van der Waals surface area (Å²) in [6, 6.07) is 1.70. The molecule has 2 fully saturated rings. The van der Waals surface area contributed by atoms with Gasteiger partial charge in [-0.3, -0.25) is 0 Å². The molecule has 0 aromatic heterocycles. The SMILES string of the molecule is CN1CCC(N(C)CCCNC2CC2)CC1. The van der Waals surface area contributed by atoms with Gasteiger partial charge in [0.25, 0.3) is 0 Å². The van der Waals surface area contributed by atoms with E-state index >= 15 is 0 Å². The monoisotopic (exact) mass is 225 g/mol. The highest BCUT2D eigenvalue weighted by Crippen LogP contribution is 2.18. The molecular formula is C13H27N3. The second kappa shape index (κ2) is 5.99. The molecule has 3 nitrogen and oxygen atoms in total. The van der Waals surface area contributed by atoms with E-state index in [0.717, 1.165) is 12.1 Å². The largest absolute Gasteiger partial charge is 0.314 e. The summed E-state index contributed by atoms with van der Waals surface area (Å²) in [5.74, 6) is 0. The Kier molecular flexibility index (Phi) is 4.62. The van der Waals surface area contributed by atoms with Crippen LogP contribution in [0.5, 0.6) is 0 Å². The van der Waals surface area contributed by atoms with Gasteiger partial charge in [0.15, 0.2) is 0 Å². The number of hydrogen-bond acceptors (Lipinski definition) is 3. The molecule has 0 radical (unpaired) electrons. The van der Waals surface area contributed by atoms with Gasteiger partial charge >= 0.3 is 0 Å². The molecule has 0 unspecified atom stereocenters. The lowest BCUT2D eigenvalue weighted by Gasteiger charge is -2.35. The smallest absolute Gasteiger partial charge is 0.0117 e. The summed E-state index contributed by atoms with van der Waals surface area (Å²) >= 11 is 0. The van der Waals surface area contributed by atoms with E-state index in [-0.39, 0.29) is 0 Å². The van der Waals surface area contributed by atoms with Crippen molar-refractivity contribution in [3.05, 3.63) is 0 Å². The fourth-order valence-electron chi connectivity index (χ4n) is 2.54. The van der Waals surface area contributed by atoms with Crippen LogP contribution >= 0.6 is 0 Å². The van der Waals surface area contributed by atoms with E-state index in [9.17, 15) is 0 Å². The molecule has 2 aliphatic rings. The van der Waals surface area contributed by atoms with Gasteiger partial charge in [-0.1, -0.05) is 0 Å². The van der Waals surface area contributed by atoms with E-state index in [1.807, 2.05) is 0 Å². The molecule has 0 bridgehead atoms. The number of nitrogens with one attached hydrogen (secondary N) is 1. The normalized spacial score (nSPS) is 24.2. The van der Waals surface area contributed by atoms with Crippen molar-refractivity contribution in [2.45, 2.75) is 44.2 Å². The van der Waals surface area contributed by atoms with Crippen LogP contribution < -0.4 is 5.32 Å². The van der Waals surface area contributed by atoms with Gasteiger partial charge in [0, 0.05) is 12.1 Å². The van der Waals surface area contributed by atoms with Crippen molar-refractivity contribution in [1.82, 2.24) is 15.1 Å². The van der Waals surface area contributed by atoms with Crippen LogP contribution in [-0.4, -0.2) is 62.2 Å². The molecule has 1 aliphatic carbocycles. The highest BCUT2D eigenvalue weighted by atomic mass is 15.2. The molecule has 0 amide bonds. The Hall–Kier alpha value is -0.120. The van der Waals surface area contributed by atoms with Crippen LogP contribution in [0.25, 0.3) is 0 Å². The molecule has 16 heavy (non-hydrogen) atoms. The van der Waals surface area contributed by atoms with Crippen LogP contribution in [-0.2, 0) is 0 Å². The molecule has 94 valence electrons. The van der Waals surface area contributed by atoms with Crippen molar-refractivity contribution < 1.29 is 0 Å². The molecule has 0 aromatic rings. The van der Waals surface area contributed by atoms with Gasteiger partial charge in [-0.2, -0.15) is 0 Å². The summed E-state index contributed by atoms with van der Waals surface area (Å²) in [6.45, 7) is 5.01. The zero-order valence-electron chi connectivity index (χ0n) is 10.9. The van der Waals surface area contributed by atoms with Crippen LogP contribution in [0.15, 0.2) is 0 Å². The molecule has 1 N–H and O–H groups in total. The van der Waals surface area contributed by atoms with E-state index in [2.05, 4.69) is 29.2 Å². The summed E-state index contributed by atoms with van der Waals surface area (Å²) in [5, 5.41) is 3.59. The Labute approximate surface area is 100 Å². The van der Waals surface area contributed by atoms with Crippen LogP contribution in [0.2, 0.25) is 0 Å². The van der Waals surface area contributed by atoms with Crippen LogP contribution in [0.3, 0.4) is 0 Å². The zero-order valence-corrected chi connectivity index (χ0v) is 10.9. The minimum atomic E-state index is 0.831. The van der Waals surface area contributed by atoms with Gasteiger partial charge < -0.3 is 15.1 Å². The summed E-state index contributed by atoms with van der Waals surface area (Å²) in [4.78, 5) is 5.01. The molecule has 0 spiro atoms. The molecule has 1 heterocycles. The molecule has 0 aromatic carbocycles. The third kappa shape index (κ3) is 4.04. The quantitative estimate of drug-likeness (QED) is 0.684. The van der Waals surface area contributed by atoms with Gasteiger partial charge in [-0.25, -0.2) is 0 Å². The predicted octanol–water partition coefficient (Wildman–Crippen LogP) is 1.15. The molecule has 0 atom stereocenters. The minimum Gasteiger partial charge on any atom is -0.314 e. The number of hydrogen-bond donors (Lipinski definition) is 1. The number of piperidine rings is 1. The number of rotatable bonds is 6. The van der Waals surface area contributed by atoms with Gasteiger partial charge in [-0.05, 0) is 72.4 Å². The molecule has 1 aliphatic heterocycles. The van der Waals surface area contributed by atoms with E-state index in [4.69, 9.17) is 0 Å². The minimum absolute atomic E-state index is 0.831. The molecule has 2 rings (SSSR count). The first-order chi connectivity index (χ1) is 7.75. The highest BCUT2D eigenvalue weighted by molar-refractivity contribution is 4.81. The van der Waals surface area contributed by atoms with Crippen molar-refractivity contribution in [2.75, 3.05) is 40.3 Å². The third-order valence-corrected chi connectivity index (χ3v) is 4.01. The van der Waals surface area contributed by atoms with Gasteiger partial charge in [0.1, 0.15) is 0 Å². The fourth-order valence-corrected chi connectivity index (χ4v) is 2.54.